The van der Waals surface area contributed by atoms with Crippen molar-refractivity contribution in [2.45, 2.75) is 13.3 Å². The monoisotopic (exact) mass is 321 g/mol. The Morgan fingerprint density at radius 3 is 2.78 bits per heavy atom. The topological polar surface area (TPSA) is 61.9 Å². The molecule has 0 aromatic heterocycles. The second kappa shape index (κ2) is 6.64. The van der Waals surface area contributed by atoms with Gasteiger partial charge in [0.2, 0.25) is 11.8 Å². The highest BCUT2D eigenvalue weighted by atomic mass is 19.1. The van der Waals surface area contributed by atoms with Crippen LogP contribution in [0.1, 0.15) is 12.0 Å². The van der Waals surface area contributed by atoms with E-state index in [1.807, 2.05) is 0 Å². The number of halogens is 1. The maximum absolute atomic E-state index is 13.7. The van der Waals surface area contributed by atoms with E-state index < -0.39 is 5.92 Å². The van der Waals surface area contributed by atoms with E-state index in [-0.39, 0.29) is 17.6 Å². The fourth-order valence-corrected chi connectivity index (χ4v) is 2.96. The number of hydrazine groups is 1. The molecule has 6 nitrogen and oxygen atoms in total. The highest BCUT2D eigenvalue weighted by Gasteiger charge is 2.38. The van der Waals surface area contributed by atoms with Gasteiger partial charge in [0.1, 0.15) is 11.7 Å². The molecule has 2 aliphatic heterocycles. The third-order valence-electron chi connectivity index (χ3n) is 4.33. The summed E-state index contributed by atoms with van der Waals surface area (Å²) in [6, 6.07) is 4.65. The zero-order valence-electron chi connectivity index (χ0n) is 13.0. The minimum absolute atomic E-state index is 0.274. The number of hydrogen-bond acceptors (Lipinski definition) is 4. The van der Waals surface area contributed by atoms with Gasteiger partial charge in [-0.2, -0.15) is 0 Å². The standard InChI is InChI=1S/C16H20FN3O3/c1-11-13(17)3-2-4-14(11)20-6-5-12(16(20)22)15(21)18-19-7-9-23-10-8-19/h2-4,12H,5-10H2,1H3,(H,18,21)/t12-/m0/s1. The lowest BCUT2D eigenvalue weighted by atomic mass is 10.1. The maximum atomic E-state index is 13.7. The molecule has 1 N–H and O–H groups in total. The van der Waals surface area contributed by atoms with Crippen molar-refractivity contribution in [2.75, 3.05) is 37.7 Å². The van der Waals surface area contributed by atoms with Crippen LogP contribution in [0, 0.1) is 18.7 Å². The average molecular weight is 321 g/mol. The summed E-state index contributed by atoms with van der Waals surface area (Å²) in [5.41, 5.74) is 3.75. The summed E-state index contributed by atoms with van der Waals surface area (Å²) in [6.45, 7) is 4.41. The molecule has 1 aromatic rings. The van der Waals surface area contributed by atoms with Crippen molar-refractivity contribution in [3.8, 4) is 0 Å². The lowest BCUT2D eigenvalue weighted by Gasteiger charge is -2.28. The molecule has 0 aliphatic carbocycles. The molecule has 0 spiro atoms. The van der Waals surface area contributed by atoms with Gasteiger partial charge in [0, 0.05) is 30.9 Å². The minimum atomic E-state index is -0.722. The molecule has 2 heterocycles. The summed E-state index contributed by atoms with van der Waals surface area (Å²) in [4.78, 5) is 26.4. The van der Waals surface area contributed by atoms with E-state index in [9.17, 15) is 14.0 Å². The van der Waals surface area contributed by atoms with Gasteiger partial charge in [-0.3, -0.25) is 15.0 Å². The number of amides is 2. The molecule has 7 heteroatoms. The Labute approximate surface area is 134 Å². The third kappa shape index (κ3) is 3.20. The Morgan fingerprint density at radius 2 is 2.04 bits per heavy atom. The van der Waals surface area contributed by atoms with Crippen molar-refractivity contribution in [2.24, 2.45) is 5.92 Å². The van der Waals surface area contributed by atoms with Gasteiger partial charge in [0.05, 0.1) is 13.2 Å². The van der Waals surface area contributed by atoms with Gasteiger partial charge < -0.3 is 9.64 Å². The Morgan fingerprint density at radius 1 is 1.30 bits per heavy atom. The van der Waals surface area contributed by atoms with Gasteiger partial charge in [-0.1, -0.05) is 6.07 Å². The predicted molar refractivity (Wildman–Crippen MR) is 82.1 cm³/mol. The Bertz CT molecular complexity index is 617. The number of anilines is 1. The molecule has 2 aliphatic rings. The van der Waals surface area contributed by atoms with Crippen molar-refractivity contribution in [3.05, 3.63) is 29.6 Å². The number of carbonyl (C=O) groups is 2. The quantitative estimate of drug-likeness (QED) is 0.839. The Hall–Kier alpha value is -1.99. The van der Waals surface area contributed by atoms with Crippen LogP contribution in [0.3, 0.4) is 0 Å². The zero-order valence-corrected chi connectivity index (χ0v) is 13.0. The molecule has 1 aromatic carbocycles. The van der Waals surface area contributed by atoms with Crippen LogP contribution >= 0.6 is 0 Å². The van der Waals surface area contributed by atoms with Crippen LogP contribution < -0.4 is 10.3 Å². The maximum Gasteiger partial charge on any atom is 0.246 e. The number of ether oxygens (including phenoxy) is 1. The molecule has 1 atom stereocenters. The number of carbonyl (C=O) groups excluding carboxylic acids is 2. The first-order chi connectivity index (χ1) is 11.1. The van der Waals surface area contributed by atoms with Gasteiger partial charge in [-0.15, -0.1) is 0 Å². The second-order valence-corrected chi connectivity index (χ2v) is 5.79. The summed E-state index contributed by atoms with van der Waals surface area (Å²) in [5, 5.41) is 1.77. The van der Waals surface area contributed by atoms with Gasteiger partial charge >= 0.3 is 0 Å². The molecule has 3 rings (SSSR count). The molecule has 23 heavy (non-hydrogen) atoms. The van der Waals surface area contributed by atoms with Crippen molar-refractivity contribution >= 4 is 17.5 Å². The molecular formula is C16H20FN3O3. The summed E-state index contributed by atoms with van der Waals surface area (Å²) in [6.07, 6.45) is 0.435. The van der Waals surface area contributed by atoms with E-state index in [2.05, 4.69) is 5.43 Å². The van der Waals surface area contributed by atoms with E-state index in [1.54, 1.807) is 24.1 Å². The number of rotatable bonds is 3. The van der Waals surface area contributed by atoms with E-state index in [0.29, 0.717) is 50.5 Å². The molecule has 124 valence electrons. The zero-order chi connectivity index (χ0) is 16.4. The van der Waals surface area contributed by atoms with Crippen LogP contribution in [0.25, 0.3) is 0 Å². The molecular weight excluding hydrogens is 301 g/mol. The summed E-state index contributed by atoms with van der Waals surface area (Å²) in [5.74, 6) is -1.64. The number of nitrogens with one attached hydrogen (secondary N) is 1. The lowest BCUT2D eigenvalue weighted by molar-refractivity contribution is -0.137. The molecule has 2 amide bonds. The van der Waals surface area contributed by atoms with E-state index in [4.69, 9.17) is 4.74 Å². The molecule has 0 unspecified atom stereocenters. The molecule has 0 radical (unpaired) electrons. The van der Waals surface area contributed by atoms with E-state index in [1.165, 1.54) is 11.0 Å². The largest absolute Gasteiger partial charge is 0.379 e. The van der Waals surface area contributed by atoms with Crippen molar-refractivity contribution in [1.29, 1.82) is 0 Å². The average Bonchev–Trinajstić information content (AvgIpc) is 2.93. The minimum Gasteiger partial charge on any atom is -0.379 e. The molecule has 0 saturated carbocycles. The van der Waals surface area contributed by atoms with Crippen LogP contribution in [-0.4, -0.2) is 49.7 Å². The van der Waals surface area contributed by atoms with Crippen molar-refractivity contribution < 1.29 is 18.7 Å². The predicted octanol–water partition coefficient (Wildman–Crippen LogP) is 0.850. The van der Waals surface area contributed by atoms with Crippen LogP contribution in [-0.2, 0) is 14.3 Å². The number of hydrogen-bond donors (Lipinski definition) is 1. The van der Waals surface area contributed by atoms with Gasteiger partial charge in [-0.25, -0.2) is 9.40 Å². The first-order valence-electron chi connectivity index (χ1n) is 7.77. The number of benzene rings is 1. The molecule has 0 bridgehead atoms. The van der Waals surface area contributed by atoms with Crippen LogP contribution in [0.15, 0.2) is 18.2 Å². The molecule has 2 saturated heterocycles. The normalized spacial score (nSPS) is 22.4. The fraction of sp³-hybridized carbons (Fsp3) is 0.500. The second-order valence-electron chi connectivity index (χ2n) is 5.79. The van der Waals surface area contributed by atoms with Crippen LogP contribution in [0.2, 0.25) is 0 Å². The van der Waals surface area contributed by atoms with Gasteiger partial charge in [0.25, 0.3) is 0 Å². The number of morpholine rings is 1. The van der Waals surface area contributed by atoms with Crippen molar-refractivity contribution in [3.63, 3.8) is 0 Å². The van der Waals surface area contributed by atoms with Crippen LogP contribution in [0.4, 0.5) is 10.1 Å². The molecule has 2 fully saturated rings. The first kappa shape index (κ1) is 15.9. The highest BCUT2D eigenvalue weighted by molar-refractivity contribution is 6.09. The van der Waals surface area contributed by atoms with E-state index >= 15 is 0 Å². The third-order valence-corrected chi connectivity index (χ3v) is 4.33. The Kier molecular flexibility index (Phi) is 4.58. The first-order valence-corrected chi connectivity index (χ1v) is 7.77. The Balaban J connectivity index is 1.68. The summed E-state index contributed by atoms with van der Waals surface area (Å²) >= 11 is 0. The summed E-state index contributed by atoms with van der Waals surface area (Å²) in [7, 11) is 0. The van der Waals surface area contributed by atoms with Crippen molar-refractivity contribution in [1.82, 2.24) is 10.4 Å². The van der Waals surface area contributed by atoms with Gasteiger partial charge in [-0.05, 0) is 25.5 Å². The highest BCUT2D eigenvalue weighted by Crippen LogP contribution is 2.29. The SMILES string of the molecule is Cc1c(F)cccc1N1CC[C@@H](C(=O)NN2CCOCC2)C1=O. The lowest BCUT2D eigenvalue weighted by Crippen LogP contribution is -2.51. The van der Waals surface area contributed by atoms with Gasteiger partial charge in [0.15, 0.2) is 0 Å². The summed E-state index contributed by atoms with van der Waals surface area (Å²) < 4.78 is 18.9. The van der Waals surface area contributed by atoms with E-state index in [0.717, 1.165) is 0 Å². The fourth-order valence-electron chi connectivity index (χ4n) is 2.96. The smallest absolute Gasteiger partial charge is 0.246 e. The van der Waals surface area contributed by atoms with Crippen LogP contribution in [0.5, 0.6) is 0 Å². The number of nitrogens with zero attached hydrogens (tertiary/aromatic N) is 2.